The summed E-state index contributed by atoms with van der Waals surface area (Å²) < 4.78 is 11.4. The molecule has 1 unspecified atom stereocenters. The van der Waals surface area contributed by atoms with Crippen molar-refractivity contribution < 1.29 is 14.3 Å². The second kappa shape index (κ2) is 11.2. The molecule has 0 saturated carbocycles. The van der Waals surface area contributed by atoms with Crippen LogP contribution in [0.4, 0.5) is 0 Å². The molecular formula is C24H32N2O3. The third kappa shape index (κ3) is 7.26. The normalized spacial score (nSPS) is 12.0. The molecule has 0 saturated heterocycles. The van der Waals surface area contributed by atoms with Gasteiger partial charge in [0.25, 0.3) is 5.91 Å². The van der Waals surface area contributed by atoms with E-state index in [1.807, 2.05) is 26.0 Å². The third-order valence-corrected chi connectivity index (χ3v) is 4.63. The molecule has 0 radical (unpaired) electrons. The van der Waals surface area contributed by atoms with Crippen LogP contribution >= 0.6 is 0 Å². The zero-order chi connectivity index (χ0) is 21.2. The van der Waals surface area contributed by atoms with Crippen molar-refractivity contribution in [3.05, 3.63) is 58.7 Å². The molecule has 2 aromatic rings. The van der Waals surface area contributed by atoms with Gasteiger partial charge < -0.3 is 9.47 Å². The second-order valence-electron chi connectivity index (χ2n) is 7.33. The van der Waals surface area contributed by atoms with Crippen molar-refractivity contribution in [3.63, 3.8) is 0 Å². The summed E-state index contributed by atoms with van der Waals surface area (Å²) in [4.78, 5) is 12.3. The standard InChI is InChI=1S/C24H32N2O3/c1-6-7-8-13-28-21-9-11-22(12-10-21)29-20(5)24(27)26-25-16-23-18(3)14-17(2)15-19(23)4/h9-12,14-16,20H,6-8,13H2,1-5H3,(H,26,27)/b25-16+. The van der Waals surface area contributed by atoms with Gasteiger partial charge in [0.1, 0.15) is 11.5 Å². The molecule has 1 atom stereocenters. The maximum Gasteiger partial charge on any atom is 0.280 e. The molecule has 0 aliphatic carbocycles. The fourth-order valence-corrected chi connectivity index (χ4v) is 3.06. The molecule has 1 amide bonds. The first-order valence-corrected chi connectivity index (χ1v) is 10.2. The maximum absolute atomic E-state index is 12.3. The van der Waals surface area contributed by atoms with Crippen molar-refractivity contribution in [3.8, 4) is 11.5 Å². The lowest BCUT2D eigenvalue weighted by Gasteiger charge is -2.13. The summed E-state index contributed by atoms with van der Waals surface area (Å²) in [5.74, 6) is 1.12. The minimum absolute atomic E-state index is 0.302. The van der Waals surface area contributed by atoms with E-state index in [0.717, 1.165) is 28.9 Å². The van der Waals surface area contributed by atoms with E-state index in [-0.39, 0.29) is 5.91 Å². The first kappa shape index (κ1) is 22.5. The molecule has 0 aromatic heterocycles. The summed E-state index contributed by atoms with van der Waals surface area (Å²) in [6.07, 6.45) is 4.40. The van der Waals surface area contributed by atoms with E-state index in [2.05, 4.69) is 36.5 Å². The number of carbonyl (C=O) groups is 1. The molecule has 2 rings (SSSR count). The smallest absolute Gasteiger partial charge is 0.280 e. The van der Waals surface area contributed by atoms with E-state index >= 15 is 0 Å². The number of rotatable bonds is 10. The molecule has 0 bridgehead atoms. The SMILES string of the molecule is CCCCCOc1ccc(OC(C)C(=O)N/N=C/c2c(C)cc(C)cc2C)cc1. The van der Waals surface area contributed by atoms with E-state index in [1.54, 1.807) is 25.3 Å². The Morgan fingerprint density at radius 1 is 1.07 bits per heavy atom. The van der Waals surface area contributed by atoms with Crippen LogP contribution in [0, 0.1) is 20.8 Å². The van der Waals surface area contributed by atoms with Crippen molar-refractivity contribution in [2.24, 2.45) is 5.10 Å². The highest BCUT2D eigenvalue weighted by Crippen LogP contribution is 2.19. The van der Waals surface area contributed by atoms with Crippen LogP contribution in [0.1, 0.15) is 55.4 Å². The van der Waals surface area contributed by atoms with Crippen LogP contribution in [0.3, 0.4) is 0 Å². The molecule has 156 valence electrons. The Balaban J connectivity index is 1.84. The third-order valence-electron chi connectivity index (χ3n) is 4.63. The van der Waals surface area contributed by atoms with Gasteiger partial charge in [-0.2, -0.15) is 5.10 Å². The van der Waals surface area contributed by atoms with E-state index < -0.39 is 6.10 Å². The Kier molecular flexibility index (Phi) is 8.71. The number of benzene rings is 2. The van der Waals surface area contributed by atoms with Gasteiger partial charge >= 0.3 is 0 Å². The van der Waals surface area contributed by atoms with Crippen molar-refractivity contribution in [2.75, 3.05) is 6.61 Å². The Morgan fingerprint density at radius 2 is 1.69 bits per heavy atom. The number of nitrogens with one attached hydrogen (secondary N) is 1. The van der Waals surface area contributed by atoms with Gasteiger partial charge in [-0.15, -0.1) is 0 Å². The lowest BCUT2D eigenvalue weighted by atomic mass is 10.0. The lowest BCUT2D eigenvalue weighted by Crippen LogP contribution is -2.33. The van der Waals surface area contributed by atoms with Gasteiger partial charge in [-0.3, -0.25) is 4.79 Å². The van der Waals surface area contributed by atoms with E-state index in [4.69, 9.17) is 9.47 Å². The van der Waals surface area contributed by atoms with Gasteiger partial charge in [0, 0.05) is 5.56 Å². The number of hydrazone groups is 1. The predicted octanol–water partition coefficient (Wildman–Crippen LogP) is 5.10. The molecule has 1 N–H and O–H groups in total. The van der Waals surface area contributed by atoms with Crippen LogP contribution in [0.5, 0.6) is 11.5 Å². The van der Waals surface area contributed by atoms with Gasteiger partial charge in [-0.25, -0.2) is 5.43 Å². The molecular weight excluding hydrogens is 364 g/mol. The molecule has 5 heteroatoms. The average Bonchev–Trinajstić information content (AvgIpc) is 2.68. The van der Waals surface area contributed by atoms with Crippen molar-refractivity contribution in [2.45, 2.75) is 60.0 Å². The van der Waals surface area contributed by atoms with Crippen LogP contribution in [0.15, 0.2) is 41.5 Å². The topological polar surface area (TPSA) is 59.9 Å². The van der Waals surface area contributed by atoms with Crippen LogP contribution in [-0.2, 0) is 4.79 Å². The number of amides is 1. The highest BCUT2D eigenvalue weighted by Gasteiger charge is 2.14. The maximum atomic E-state index is 12.3. The van der Waals surface area contributed by atoms with Gasteiger partial charge in [-0.05, 0) is 69.5 Å². The Labute approximate surface area is 174 Å². The number of hydrogen-bond donors (Lipinski definition) is 1. The molecule has 5 nitrogen and oxygen atoms in total. The Hall–Kier alpha value is -2.82. The van der Waals surface area contributed by atoms with Gasteiger partial charge in [0.05, 0.1) is 12.8 Å². The summed E-state index contributed by atoms with van der Waals surface area (Å²) in [6, 6.07) is 11.5. The van der Waals surface area contributed by atoms with Crippen LogP contribution in [0.2, 0.25) is 0 Å². The number of aryl methyl sites for hydroxylation is 3. The van der Waals surface area contributed by atoms with Crippen molar-refractivity contribution >= 4 is 12.1 Å². The van der Waals surface area contributed by atoms with Gasteiger partial charge in [-0.1, -0.05) is 37.5 Å². The minimum atomic E-state index is -0.663. The van der Waals surface area contributed by atoms with Crippen LogP contribution < -0.4 is 14.9 Å². The van der Waals surface area contributed by atoms with Gasteiger partial charge in [0.15, 0.2) is 6.10 Å². The number of unbranched alkanes of at least 4 members (excludes halogenated alkanes) is 2. The number of hydrogen-bond acceptors (Lipinski definition) is 4. The number of ether oxygens (including phenoxy) is 2. The van der Waals surface area contributed by atoms with E-state index in [9.17, 15) is 4.79 Å². The molecule has 29 heavy (non-hydrogen) atoms. The largest absolute Gasteiger partial charge is 0.494 e. The van der Waals surface area contributed by atoms with E-state index in [1.165, 1.54) is 18.4 Å². The number of carbonyl (C=O) groups excluding carboxylic acids is 1. The lowest BCUT2D eigenvalue weighted by molar-refractivity contribution is -0.127. The fourth-order valence-electron chi connectivity index (χ4n) is 3.06. The minimum Gasteiger partial charge on any atom is -0.494 e. The zero-order valence-corrected chi connectivity index (χ0v) is 18.1. The predicted molar refractivity (Wildman–Crippen MR) is 118 cm³/mol. The summed E-state index contributed by atoms with van der Waals surface area (Å²) in [6.45, 7) is 10.7. The number of nitrogens with zero attached hydrogens (tertiary/aromatic N) is 1. The zero-order valence-electron chi connectivity index (χ0n) is 18.1. The Bertz CT molecular complexity index is 806. The highest BCUT2D eigenvalue weighted by molar-refractivity contribution is 5.86. The Morgan fingerprint density at radius 3 is 2.31 bits per heavy atom. The first-order valence-electron chi connectivity index (χ1n) is 10.2. The van der Waals surface area contributed by atoms with E-state index in [0.29, 0.717) is 12.4 Å². The van der Waals surface area contributed by atoms with Crippen molar-refractivity contribution in [1.82, 2.24) is 5.43 Å². The average molecular weight is 397 g/mol. The van der Waals surface area contributed by atoms with Gasteiger partial charge in [0.2, 0.25) is 0 Å². The molecule has 0 aliphatic heterocycles. The second-order valence-corrected chi connectivity index (χ2v) is 7.33. The van der Waals surface area contributed by atoms with Crippen LogP contribution in [0.25, 0.3) is 0 Å². The molecule has 0 fully saturated rings. The summed E-state index contributed by atoms with van der Waals surface area (Å²) in [5.41, 5.74) is 7.03. The fraction of sp³-hybridized carbons (Fsp3) is 0.417. The summed E-state index contributed by atoms with van der Waals surface area (Å²) >= 11 is 0. The molecule has 0 heterocycles. The molecule has 0 spiro atoms. The first-order chi connectivity index (χ1) is 13.9. The van der Waals surface area contributed by atoms with Crippen molar-refractivity contribution in [1.29, 1.82) is 0 Å². The quantitative estimate of drug-likeness (QED) is 0.345. The highest BCUT2D eigenvalue weighted by atomic mass is 16.5. The monoisotopic (exact) mass is 396 g/mol. The van der Waals surface area contributed by atoms with Crippen LogP contribution in [-0.4, -0.2) is 24.8 Å². The molecule has 0 aliphatic rings. The molecule has 2 aromatic carbocycles. The summed E-state index contributed by atoms with van der Waals surface area (Å²) in [7, 11) is 0. The summed E-state index contributed by atoms with van der Waals surface area (Å²) in [5, 5.41) is 4.09.